The van der Waals surface area contributed by atoms with Crippen molar-refractivity contribution in [2.75, 3.05) is 13.7 Å². The molecule has 0 saturated carbocycles. The predicted octanol–water partition coefficient (Wildman–Crippen LogP) is 1.52. The van der Waals surface area contributed by atoms with Gasteiger partial charge in [-0.3, -0.25) is 0 Å². The third-order valence-corrected chi connectivity index (χ3v) is 1.90. The Morgan fingerprint density at radius 1 is 1.38 bits per heavy atom. The van der Waals surface area contributed by atoms with Gasteiger partial charge in [0.05, 0.1) is 12.8 Å². The van der Waals surface area contributed by atoms with E-state index in [4.69, 9.17) is 9.84 Å². The van der Waals surface area contributed by atoms with E-state index in [2.05, 4.69) is 9.99 Å². The number of ether oxygens (including phenoxy) is 1. The van der Waals surface area contributed by atoms with E-state index in [0.717, 1.165) is 11.3 Å². The predicted molar refractivity (Wildman–Crippen MR) is 58.8 cm³/mol. The fourth-order valence-electron chi connectivity index (χ4n) is 1.07. The second-order valence-corrected chi connectivity index (χ2v) is 3.07. The zero-order chi connectivity index (χ0) is 12.0. The maximum atomic E-state index is 10.2. The van der Waals surface area contributed by atoms with Crippen LogP contribution in [0.3, 0.4) is 0 Å². The van der Waals surface area contributed by atoms with Gasteiger partial charge in [0.2, 0.25) is 6.61 Å². The van der Waals surface area contributed by atoms with Crippen LogP contribution in [0.25, 0.3) is 0 Å². The molecule has 1 aromatic rings. The summed E-state index contributed by atoms with van der Waals surface area (Å²) < 4.78 is 5.01. The summed E-state index contributed by atoms with van der Waals surface area (Å²) >= 11 is 0. The van der Waals surface area contributed by atoms with E-state index >= 15 is 0 Å². The summed E-state index contributed by atoms with van der Waals surface area (Å²) in [4.78, 5) is 14.8. The normalized spacial score (nSPS) is 11.0. The minimum atomic E-state index is -1.05. The molecule has 0 fully saturated rings. The zero-order valence-corrected chi connectivity index (χ0v) is 9.14. The molecule has 1 rings (SSSR count). The van der Waals surface area contributed by atoms with E-state index < -0.39 is 12.6 Å². The van der Waals surface area contributed by atoms with Crippen LogP contribution in [0.4, 0.5) is 0 Å². The Morgan fingerprint density at radius 3 is 2.50 bits per heavy atom. The number of methoxy groups -OCH3 is 1. The Hall–Kier alpha value is -2.04. The Morgan fingerprint density at radius 2 is 2.00 bits per heavy atom. The highest BCUT2D eigenvalue weighted by Gasteiger charge is 2.00. The van der Waals surface area contributed by atoms with Gasteiger partial charge in [-0.25, -0.2) is 4.79 Å². The molecule has 1 N–H and O–H groups in total. The van der Waals surface area contributed by atoms with Crippen molar-refractivity contribution in [1.82, 2.24) is 0 Å². The molecule has 86 valence electrons. The fraction of sp³-hybridized carbons (Fsp3) is 0.273. The van der Waals surface area contributed by atoms with E-state index in [0.29, 0.717) is 5.71 Å². The number of nitrogens with zero attached hydrogens (tertiary/aromatic N) is 1. The molecule has 0 aliphatic carbocycles. The summed E-state index contributed by atoms with van der Waals surface area (Å²) in [6.45, 7) is 1.30. The van der Waals surface area contributed by atoms with Crippen molar-refractivity contribution in [1.29, 1.82) is 0 Å². The van der Waals surface area contributed by atoms with Gasteiger partial charge in [0, 0.05) is 0 Å². The number of rotatable bonds is 5. The van der Waals surface area contributed by atoms with Gasteiger partial charge >= 0.3 is 5.97 Å². The molecule has 0 radical (unpaired) electrons. The van der Waals surface area contributed by atoms with Crippen LogP contribution in [0, 0.1) is 0 Å². The van der Waals surface area contributed by atoms with Crippen molar-refractivity contribution in [3.63, 3.8) is 0 Å². The van der Waals surface area contributed by atoms with Gasteiger partial charge in [-0.15, -0.1) is 0 Å². The maximum absolute atomic E-state index is 10.2. The highest BCUT2D eigenvalue weighted by atomic mass is 16.6. The molecular weight excluding hydrogens is 210 g/mol. The van der Waals surface area contributed by atoms with Crippen molar-refractivity contribution in [2.45, 2.75) is 6.92 Å². The average molecular weight is 223 g/mol. The van der Waals surface area contributed by atoms with Crippen LogP contribution in [-0.4, -0.2) is 30.5 Å². The highest BCUT2D eigenvalue weighted by molar-refractivity contribution is 5.98. The average Bonchev–Trinajstić information content (AvgIpc) is 2.28. The topological polar surface area (TPSA) is 68.1 Å². The number of hydrogen-bond donors (Lipinski definition) is 1. The molecule has 5 nitrogen and oxygen atoms in total. The van der Waals surface area contributed by atoms with Crippen molar-refractivity contribution in [3.8, 4) is 5.75 Å². The van der Waals surface area contributed by atoms with Crippen molar-refractivity contribution >= 4 is 11.7 Å². The van der Waals surface area contributed by atoms with Crippen molar-refractivity contribution in [3.05, 3.63) is 29.8 Å². The number of carboxylic acids is 1. The minimum absolute atomic E-state index is 0.437. The molecular formula is C11H13NO4. The molecule has 0 heterocycles. The van der Waals surface area contributed by atoms with Crippen LogP contribution in [0.1, 0.15) is 12.5 Å². The molecule has 0 saturated heterocycles. The summed E-state index contributed by atoms with van der Waals surface area (Å²) in [5, 5.41) is 12.0. The van der Waals surface area contributed by atoms with Crippen molar-refractivity contribution < 1.29 is 19.5 Å². The molecule has 0 bridgehead atoms. The molecule has 16 heavy (non-hydrogen) atoms. The van der Waals surface area contributed by atoms with Crippen molar-refractivity contribution in [2.24, 2.45) is 5.16 Å². The molecule has 0 amide bonds. The quantitative estimate of drug-likeness (QED) is 0.607. The van der Waals surface area contributed by atoms with E-state index in [1.54, 1.807) is 26.2 Å². The van der Waals surface area contributed by atoms with Crippen LogP contribution in [0.2, 0.25) is 0 Å². The van der Waals surface area contributed by atoms with E-state index in [1.807, 2.05) is 12.1 Å². The highest BCUT2D eigenvalue weighted by Crippen LogP contribution is 2.11. The molecule has 0 unspecified atom stereocenters. The Bertz CT molecular complexity index is 383. The van der Waals surface area contributed by atoms with Gasteiger partial charge in [-0.1, -0.05) is 5.16 Å². The first-order valence-corrected chi connectivity index (χ1v) is 4.66. The molecule has 0 aliphatic rings. The summed E-state index contributed by atoms with van der Waals surface area (Å²) in [7, 11) is 1.59. The first-order chi connectivity index (χ1) is 7.63. The van der Waals surface area contributed by atoms with Crippen LogP contribution in [0.5, 0.6) is 5.75 Å². The van der Waals surface area contributed by atoms with E-state index in [-0.39, 0.29) is 0 Å². The third kappa shape index (κ3) is 3.61. The maximum Gasteiger partial charge on any atom is 0.344 e. The standard InChI is InChI=1S/C11H13NO4/c1-8(12-16-7-11(13)14)9-3-5-10(15-2)6-4-9/h3-6H,7H2,1-2H3,(H,13,14)/b12-8-. The lowest BCUT2D eigenvalue weighted by Gasteiger charge is -2.02. The molecule has 0 aromatic heterocycles. The lowest BCUT2D eigenvalue weighted by Crippen LogP contribution is -2.05. The Balaban J connectivity index is 2.64. The summed E-state index contributed by atoms with van der Waals surface area (Å²) in [6.07, 6.45) is 0. The third-order valence-electron chi connectivity index (χ3n) is 1.90. The number of hydrogen-bond acceptors (Lipinski definition) is 4. The van der Waals surface area contributed by atoms with Gasteiger partial charge in [-0.05, 0) is 36.8 Å². The van der Waals surface area contributed by atoms with Crippen LogP contribution >= 0.6 is 0 Å². The van der Waals surface area contributed by atoms with E-state index in [9.17, 15) is 4.79 Å². The summed E-state index contributed by atoms with van der Waals surface area (Å²) in [5.41, 5.74) is 1.47. The zero-order valence-electron chi connectivity index (χ0n) is 9.14. The SMILES string of the molecule is COc1ccc(/C(C)=N\OCC(=O)O)cc1. The summed E-state index contributed by atoms with van der Waals surface area (Å²) in [5.74, 6) is -0.297. The van der Waals surface area contributed by atoms with Gasteiger partial charge < -0.3 is 14.7 Å². The molecule has 0 aliphatic heterocycles. The first kappa shape index (κ1) is 12.0. The number of carbonyl (C=O) groups is 1. The monoisotopic (exact) mass is 223 g/mol. The van der Waals surface area contributed by atoms with Crippen LogP contribution in [0.15, 0.2) is 29.4 Å². The molecule has 0 atom stereocenters. The smallest absolute Gasteiger partial charge is 0.344 e. The second kappa shape index (κ2) is 5.75. The van der Waals surface area contributed by atoms with Crippen LogP contribution in [-0.2, 0) is 9.63 Å². The Kier molecular flexibility index (Phi) is 4.32. The molecule has 0 spiro atoms. The van der Waals surface area contributed by atoms with Gasteiger partial charge in [-0.2, -0.15) is 0 Å². The largest absolute Gasteiger partial charge is 0.497 e. The number of carboxylic acid groups (broad SMARTS) is 1. The van der Waals surface area contributed by atoms with Gasteiger partial charge in [0.15, 0.2) is 0 Å². The Labute approximate surface area is 93.3 Å². The first-order valence-electron chi connectivity index (χ1n) is 4.66. The van der Waals surface area contributed by atoms with E-state index in [1.165, 1.54) is 0 Å². The van der Waals surface area contributed by atoms with Crippen LogP contribution < -0.4 is 4.74 Å². The molecule has 1 aromatic carbocycles. The number of benzene rings is 1. The lowest BCUT2D eigenvalue weighted by atomic mass is 10.1. The fourth-order valence-corrected chi connectivity index (χ4v) is 1.07. The minimum Gasteiger partial charge on any atom is -0.497 e. The van der Waals surface area contributed by atoms with Gasteiger partial charge in [0.25, 0.3) is 0 Å². The number of aliphatic carboxylic acids is 1. The summed E-state index contributed by atoms with van der Waals surface area (Å²) in [6, 6.07) is 7.24. The van der Waals surface area contributed by atoms with Gasteiger partial charge in [0.1, 0.15) is 5.75 Å². The lowest BCUT2D eigenvalue weighted by molar-refractivity contribution is -0.142. The number of oxime groups is 1. The second-order valence-electron chi connectivity index (χ2n) is 3.07. The molecule has 5 heteroatoms.